The Kier molecular flexibility index (Phi) is 7.02. The maximum absolute atomic E-state index is 12.3. The molecule has 0 atom stereocenters. The predicted molar refractivity (Wildman–Crippen MR) is 101 cm³/mol. The summed E-state index contributed by atoms with van der Waals surface area (Å²) in [5.74, 6) is 0.944. The number of nitrogens with zero attached hydrogens (tertiary/aromatic N) is 3. The number of carbonyl (C=O) groups is 1. The number of benzene rings is 1. The van der Waals surface area contributed by atoms with Gasteiger partial charge in [-0.2, -0.15) is 17.0 Å². The molecular formula is C18H29N3O4S. The van der Waals surface area contributed by atoms with Gasteiger partial charge in [-0.25, -0.2) is 0 Å². The van der Waals surface area contributed by atoms with E-state index in [2.05, 4.69) is 0 Å². The Labute approximate surface area is 156 Å². The van der Waals surface area contributed by atoms with E-state index in [1.807, 2.05) is 32.0 Å². The van der Waals surface area contributed by atoms with Crippen LogP contribution in [0.1, 0.15) is 24.0 Å². The first-order chi connectivity index (χ1) is 12.2. The van der Waals surface area contributed by atoms with Crippen molar-refractivity contribution in [1.29, 1.82) is 0 Å². The van der Waals surface area contributed by atoms with E-state index in [0.717, 1.165) is 16.9 Å². The number of rotatable bonds is 7. The summed E-state index contributed by atoms with van der Waals surface area (Å²) in [6.45, 7) is 6.06. The minimum Gasteiger partial charge on any atom is -0.493 e. The van der Waals surface area contributed by atoms with E-state index in [1.165, 1.54) is 22.7 Å². The Bertz CT molecular complexity index is 706. The molecule has 7 nitrogen and oxygen atoms in total. The Balaban J connectivity index is 1.74. The van der Waals surface area contributed by atoms with Crippen LogP contribution in [0, 0.1) is 13.8 Å². The molecule has 0 saturated carbocycles. The molecule has 0 aromatic heterocycles. The van der Waals surface area contributed by atoms with Crippen LogP contribution in [0.3, 0.4) is 0 Å². The van der Waals surface area contributed by atoms with Gasteiger partial charge in [0.1, 0.15) is 5.75 Å². The van der Waals surface area contributed by atoms with Gasteiger partial charge >= 0.3 is 0 Å². The van der Waals surface area contributed by atoms with E-state index in [4.69, 9.17) is 4.74 Å². The Morgan fingerprint density at radius 2 is 1.69 bits per heavy atom. The molecule has 1 amide bonds. The van der Waals surface area contributed by atoms with Crippen molar-refractivity contribution < 1.29 is 17.9 Å². The van der Waals surface area contributed by atoms with Gasteiger partial charge in [-0.3, -0.25) is 4.79 Å². The summed E-state index contributed by atoms with van der Waals surface area (Å²) in [5, 5.41) is 0. The Hall–Kier alpha value is -1.64. The second-order valence-corrected chi connectivity index (χ2v) is 8.89. The fourth-order valence-electron chi connectivity index (χ4n) is 2.98. The molecule has 0 radical (unpaired) electrons. The number of amides is 1. The third kappa shape index (κ3) is 4.96. The lowest BCUT2D eigenvalue weighted by Gasteiger charge is -2.35. The summed E-state index contributed by atoms with van der Waals surface area (Å²) >= 11 is 0. The number of piperazine rings is 1. The lowest BCUT2D eigenvalue weighted by Crippen LogP contribution is -2.53. The molecule has 0 spiro atoms. The molecule has 0 N–H and O–H groups in total. The summed E-state index contributed by atoms with van der Waals surface area (Å²) < 4.78 is 32.6. The van der Waals surface area contributed by atoms with Crippen LogP contribution in [0.15, 0.2) is 18.2 Å². The van der Waals surface area contributed by atoms with Gasteiger partial charge in [-0.15, -0.1) is 0 Å². The number of hydrogen-bond acceptors (Lipinski definition) is 4. The maximum Gasteiger partial charge on any atom is 0.281 e. The molecule has 8 heteroatoms. The lowest BCUT2D eigenvalue weighted by atomic mass is 10.1. The van der Waals surface area contributed by atoms with E-state index >= 15 is 0 Å². The molecular weight excluding hydrogens is 354 g/mol. The molecule has 1 saturated heterocycles. The lowest BCUT2D eigenvalue weighted by molar-refractivity contribution is -0.132. The van der Waals surface area contributed by atoms with Crippen molar-refractivity contribution >= 4 is 16.1 Å². The monoisotopic (exact) mass is 383 g/mol. The zero-order valence-corrected chi connectivity index (χ0v) is 16.9. The van der Waals surface area contributed by atoms with Crippen LogP contribution in [0.2, 0.25) is 0 Å². The number of aryl methyl sites for hydroxylation is 2. The van der Waals surface area contributed by atoms with Crippen LogP contribution < -0.4 is 4.74 Å². The fraction of sp³-hybridized carbons (Fsp3) is 0.611. The minimum absolute atomic E-state index is 0.0528. The van der Waals surface area contributed by atoms with Crippen molar-refractivity contribution in [2.24, 2.45) is 0 Å². The van der Waals surface area contributed by atoms with Crippen LogP contribution in [0.5, 0.6) is 5.75 Å². The van der Waals surface area contributed by atoms with Gasteiger partial charge in [0.15, 0.2) is 0 Å². The number of para-hydroxylation sites is 1. The predicted octanol–water partition coefficient (Wildman–Crippen LogP) is 1.41. The number of carbonyl (C=O) groups excluding carboxylic acids is 1. The standard InChI is InChI=1S/C18H29N3O4S/c1-15-7-5-8-16(2)18(15)25-14-6-9-17(22)20-10-12-21(13-11-20)26(23,24)19(3)4/h5,7-8H,6,9-14H2,1-4H3. The summed E-state index contributed by atoms with van der Waals surface area (Å²) in [5.41, 5.74) is 2.18. The van der Waals surface area contributed by atoms with Gasteiger partial charge in [0.05, 0.1) is 6.61 Å². The minimum atomic E-state index is -3.40. The highest BCUT2D eigenvalue weighted by molar-refractivity contribution is 7.86. The number of hydrogen-bond donors (Lipinski definition) is 0. The molecule has 1 aromatic carbocycles. The Morgan fingerprint density at radius 1 is 1.12 bits per heavy atom. The van der Waals surface area contributed by atoms with Crippen molar-refractivity contribution in [1.82, 2.24) is 13.5 Å². The second-order valence-electron chi connectivity index (χ2n) is 6.74. The summed E-state index contributed by atoms with van der Waals surface area (Å²) in [7, 11) is -0.366. The van der Waals surface area contributed by atoms with E-state index in [0.29, 0.717) is 45.6 Å². The average Bonchev–Trinajstić information content (AvgIpc) is 2.60. The molecule has 1 fully saturated rings. The highest BCUT2D eigenvalue weighted by atomic mass is 32.2. The molecule has 26 heavy (non-hydrogen) atoms. The van der Waals surface area contributed by atoms with Crippen molar-refractivity contribution in [3.05, 3.63) is 29.3 Å². The second kappa shape index (κ2) is 8.83. The maximum atomic E-state index is 12.3. The molecule has 1 aliphatic rings. The van der Waals surface area contributed by atoms with E-state index < -0.39 is 10.2 Å². The third-order valence-corrected chi connectivity index (χ3v) is 6.51. The first-order valence-electron chi connectivity index (χ1n) is 8.88. The molecule has 1 heterocycles. The third-order valence-electron chi connectivity index (χ3n) is 4.57. The van der Waals surface area contributed by atoms with Crippen molar-refractivity contribution in [3.63, 3.8) is 0 Å². The average molecular weight is 384 g/mol. The van der Waals surface area contributed by atoms with Gasteiger partial charge in [0.25, 0.3) is 10.2 Å². The molecule has 1 aliphatic heterocycles. The topological polar surface area (TPSA) is 70.2 Å². The molecule has 0 bridgehead atoms. The van der Waals surface area contributed by atoms with Crippen LogP contribution in [-0.2, 0) is 15.0 Å². The van der Waals surface area contributed by atoms with Crippen LogP contribution in [0.4, 0.5) is 0 Å². The number of ether oxygens (including phenoxy) is 1. The summed E-state index contributed by atoms with van der Waals surface area (Å²) in [4.78, 5) is 14.1. The van der Waals surface area contributed by atoms with Crippen molar-refractivity contribution in [2.75, 3.05) is 46.9 Å². The highest BCUT2D eigenvalue weighted by Gasteiger charge is 2.29. The highest BCUT2D eigenvalue weighted by Crippen LogP contribution is 2.22. The zero-order chi connectivity index (χ0) is 19.3. The van der Waals surface area contributed by atoms with E-state index in [9.17, 15) is 13.2 Å². The van der Waals surface area contributed by atoms with Crippen LogP contribution in [-0.4, -0.2) is 74.7 Å². The molecule has 146 valence electrons. The van der Waals surface area contributed by atoms with Crippen molar-refractivity contribution in [2.45, 2.75) is 26.7 Å². The zero-order valence-electron chi connectivity index (χ0n) is 16.1. The van der Waals surface area contributed by atoms with Gasteiger partial charge in [0, 0.05) is 46.7 Å². The van der Waals surface area contributed by atoms with Gasteiger partial charge in [-0.05, 0) is 31.4 Å². The first kappa shape index (κ1) is 20.7. The molecule has 0 aliphatic carbocycles. The van der Waals surface area contributed by atoms with Gasteiger partial charge in [0.2, 0.25) is 5.91 Å². The van der Waals surface area contributed by atoms with E-state index in [-0.39, 0.29) is 5.91 Å². The first-order valence-corrected chi connectivity index (χ1v) is 10.3. The normalized spacial score (nSPS) is 16.1. The summed E-state index contributed by atoms with van der Waals surface area (Å²) in [6, 6.07) is 6.01. The summed E-state index contributed by atoms with van der Waals surface area (Å²) in [6.07, 6.45) is 1.05. The Morgan fingerprint density at radius 3 is 2.23 bits per heavy atom. The fourth-order valence-corrected chi connectivity index (χ4v) is 4.07. The van der Waals surface area contributed by atoms with Crippen LogP contribution in [0.25, 0.3) is 0 Å². The molecule has 0 unspecified atom stereocenters. The quantitative estimate of drug-likeness (QED) is 0.668. The van der Waals surface area contributed by atoms with E-state index in [1.54, 1.807) is 4.90 Å². The van der Waals surface area contributed by atoms with Gasteiger partial charge < -0.3 is 9.64 Å². The SMILES string of the molecule is Cc1cccc(C)c1OCCCC(=O)N1CCN(S(=O)(=O)N(C)C)CC1. The van der Waals surface area contributed by atoms with Crippen LogP contribution >= 0.6 is 0 Å². The van der Waals surface area contributed by atoms with Gasteiger partial charge in [-0.1, -0.05) is 18.2 Å². The smallest absolute Gasteiger partial charge is 0.281 e. The largest absolute Gasteiger partial charge is 0.493 e. The van der Waals surface area contributed by atoms with Crippen molar-refractivity contribution in [3.8, 4) is 5.75 Å². The molecule has 1 aromatic rings. The molecule has 2 rings (SSSR count).